The van der Waals surface area contributed by atoms with Gasteiger partial charge in [-0.3, -0.25) is 19.3 Å². The first-order valence-electron chi connectivity index (χ1n) is 10.3. The molecule has 4 rings (SSSR count). The Morgan fingerprint density at radius 3 is 2.66 bits per heavy atom. The predicted octanol–water partition coefficient (Wildman–Crippen LogP) is -0.537. The van der Waals surface area contributed by atoms with Gasteiger partial charge in [0.2, 0.25) is 11.1 Å². The molecule has 2 aromatic rings. The summed E-state index contributed by atoms with van der Waals surface area (Å²) in [5.41, 5.74) is 5.74. The molecule has 0 saturated carbocycles. The van der Waals surface area contributed by atoms with Crippen LogP contribution in [0.5, 0.6) is 0 Å². The first kappa shape index (κ1) is 24.7. The van der Waals surface area contributed by atoms with Crippen LogP contribution in [0.1, 0.15) is 12.5 Å². The van der Waals surface area contributed by atoms with E-state index in [2.05, 4.69) is 20.8 Å². The van der Waals surface area contributed by atoms with Gasteiger partial charge in [-0.1, -0.05) is 42.1 Å². The van der Waals surface area contributed by atoms with Crippen LogP contribution in [0, 0.1) is 0 Å². The van der Waals surface area contributed by atoms with Gasteiger partial charge in [0.1, 0.15) is 29.2 Å². The number of hydrogen-bond donors (Lipinski definition) is 4. The third kappa shape index (κ3) is 4.74. The number of hydrogen-bond acceptors (Lipinski definition) is 10. The maximum Gasteiger partial charge on any atom is 0.352 e. The monoisotopic (exact) mass is 519 g/mol. The van der Waals surface area contributed by atoms with Gasteiger partial charge in [0.25, 0.3) is 5.91 Å². The van der Waals surface area contributed by atoms with Crippen LogP contribution in [0.4, 0.5) is 0 Å². The summed E-state index contributed by atoms with van der Waals surface area (Å²) in [6, 6.07) is 7.82. The maximum atomic E-state index is 12.9. The van der Waals surface area contributed by atoms with Crippen molar-refractivity contribution < 1.29 is 29.4 Å². The average Bonchev–Trinajstić information content (AvgIpc) is 3.26. The number of aromatic nitrogens is 4. The molecule has 1 fully saturated rings. The van der Waals surface area contributed by atoms with Crippen molar-refractivity contribution in [3.05, 3.63) is 47.2 Å². The fourth-order valence-electron chi connectivity index (χ4n) is 3.68. The van der Waals surface area contributed by atoms with Crippen LogP contribution in [0.15, 0.2) is 46.8 Å². The minimum absolute atomic E-state index is 0.136. The number of β-lactam (4-membered cyclic amide) rings is 1. The van der Waals surface area contributed by atoms with Crippen molar-refractivity contribution in [3.63, 3.8) is 0 Å². The quantitative estimate of drug-likeness (QED) is 0.245. The van der Waals surface area contributed by atoms with E-state index in [1.54, 1.807) is 37.3 Å². The summed E-state index contributed by atoms with van der Waals surface area (Å²) in [5.74, 6) is -3.07. The largest absolute Gasteiger partial charge is 0.480 e. The number of carboxylic acid groups (broad SMARTS) is 2. The molecule has 13 nitrogen and oxygen atoms in total. The van der Waals surface area contributed by atoms with E-state index in [-0.39, 0.29) is 22.4 Å². The summed E-state index contributed by atoms with van der Waals surface area (Å²) in [6.45, 7) is 1.11. The number of thioether (sulfide) groups is 2. The van der Waals surface area contributed by atoms with E-state index in [1.807, 2.05) is 0 Å². The number of benzene rings is 1. The number of aliphatic carboxylic acids is 2. The number of fused-ring (bicyclic) bond motifs is 1. The molecule has 1 saturated heterocycles. The molecule has 15 heteroatoms. The molecule has 0 bridgehead atoms. The molecule has 2 aliphatic rings. The molecule has 1 aromatic heterocycles. The Morgan fingerprint density at radius 2 is 2.00 bits per heavy atom. The third-order valence-electron chi connectivity index (χ3n) is 5.54. The highest BCUT2D eigenvalue weighted by molar-refractivity contribution is 8.01. The Bertz CT molecular complexity index is 1220. The van der Waals surface area contributed by atoms with E-state index in [4.69, 9.17) is 10.8 Å². The summed E-state index contributed by atoms with van der Waals surface area (Å²) >= 11 is 2.39. The Morgan fingerprint density at radius 1 is 1.29 bits per heavy atom. The summed E-state index contributed by atoms with van der Waals surface area (Å²) in [6.07, 6.45) is 0. The zero-order valence-electron chi connectivity index (χ0n) is 18.3. The first-order chi connectivity index (χ1) is 16.6. The lowest BCUT2D eigenvalue weighted by atomic mass is 9.91. The fourth-order valence-corrected chi connectivity index (χ4v) is 6.04. The van der Waals surface area contributed by atoms with Gasteiger partial charge in [-0.2, -0.15) is 0 Å². The number of rotatable bonds is 9. The van der Waals surface area contributed by atoms with E-state index in [9.17, 15) is 24.3 Å². The lowest BCUT2D eigenvalue weighted by molar-refractivity contribution is -0.151. The zero-order valence-corrected chi connectivity index (χ0v) is 20.0. The highest BCUT2D eigenvalue weighted by Gasteiger charge is 2.55. The second kappa shape index (κ2) is 9.67. The molecule has 0 aliphatic carbocycles. The highest BCUT2D eigenvalue weighted by atomic mass is 32.2. The Balaban J connectivity index is 1.47. The van der Waals surface area contributed by atoms with Crippen molar-refractivity contribution in [1.82, 2.24) is 30.4 Å². The number of carbonyl (C=O) groups is 4. The molecule has 184 valence electrons. The molecule has 3 heterocycles. The van der Waals surface area contributed by atoms with Crippen molar-refractivity contribution in [1.29, 1.82) is 0 Å². The van der Waals surface area contributed by atoms with Crippen LogP contribution in [-0.4, -0.2) is 82.0 Å². The van der Waals surface area contributed by atoms with Crippen molar-refractivity contribution >= 4 is 47.3 Å². The number of tetrazole rings is 1. The minimum atomic E-state index is -1.38. The lowest BCUT2D eigenvalue weighted by Crippen LogP contribution is -2.72. The van der Waals surface area contributed by atoms with Gasteiger partial charge in [0.15, 0.2) is 0 Å². The summed E-state index contributed by atoms with van der Waals surface area (Å²) in [4.78, 5) is 50.0. The summed E-state index contributed by atoms with van der Waals surface area (Å²) in [5, 5.41) is 31.9. The van der Waals surface area contributed by atoms with Crippen LogP contribution in [0.3, 0.4) is 0 Å². The molecular formula is C20H21N7O6S2. The van der Waals surface area contributed by atoms with Crippen molar-refractivity contribution in [2.24, 2.45) is 5.73 Å². The van der Waals surface area contributed by atoms with Gasteiger partial charge >= 0.3 is 11.9 Å². The van der Waals surface area contributed by atoms with E-state index in [1.165, 1.54) is 11.8 Å². The Kier molecular flexibility index (Phi) is 6.82. The molecule has 0 radical (unpaired) electrons. The SMILES string of the molecule is CC(N)(C(=O)NC1C(=O)N2C(C(=O)O)=C(CSc3nnnn3CC(=O)O)CS[C@H]12)c1ccccc1. The van der Waals surface area contributed by atoms with E-state index in [0.717, 1.165) is 21.3 Å². The second-order valence-electron chi connectivity index (χ2n) is 7.99. The van der Waals surface area contributed by atoms with Gasteiger partial charge in [0.05, 0.1) is 0 Å². The number of amides is 2. The number of nitrogens with two attached hydrogens (primary N) is 1. The molecule has 0 spiro atoms. The number of nitrogens with one attached hydrogen (secondary N) is 1. The number of nitrogens with zero attached hydrogens (tertiary/aromatic N) is 5. The van der Waals surface area contributed by atoms with Gasteiger partial charge in [0, 0.05) is 11.5 Å². The topological polar surface area (TPSA) is 194 Å². The maximum absolute atomic E-state index is 12.9. The highest BCUT2D eigenvalue weighted by Crippen LogP contribution is 2.41. The minimum Gasteiger partial charge on any atom is -0.480 e. The van der Waals surface area contributed by atoms with Gasteiger partial charge in [-0.25, -0.2) is 9.48 Å². The number of carbonyl (C=O) groups excluding carboxylic acids is 2. The van der Waals surface area contributed by atoms with E-state index in [0.29, 0.717) is 11.1 Å². The lowest BCUT2D eigenvalue weighted by Gasteiger charge is -2.50. The van der Waals surface area contributed by atoms with Crippen LogP contribution < -0.4 is 11.1 Å². The number of carboxylic acids is 2. The van der Waals surface area contributed by atoms with Crippen LogP contribution >= 0.6 is 23.5 Å². The van der Waals surface area contributed by atoms with Crippen molar-refractivity contribution in [3.8, 4) is 0 Å². The molecule has 2 amide bonds. The molecule has 2 unspecified atom stereocenters. The smallest absolute Gasteiger partial charge is 0.352 e. The predicted molar refractivity (Wildman–Crippen MR) is 124 cm³/mol. The van der Waals surface area contributed by atoms with E-state index >= 15 is 0 Å². The second-order valence-corrected chi connectivity index (χ2v) is 10.0. The van der Waals surface area contributed by atoms with Crippen LogP contribution in [0.2, 0.25) is 0 Å². The summed E-state index contributed by atoms with van der Waals surface area (Å²) in [7, 11) is 0. The van der Waals surface area contributed by atoms with E-state index < -0.39 is 47.3 Å². The first-order valence-corrected chi connectivity index (χ1v) is 12.3. The third-order valence-corrected chi connectivity index (χ3v) is 7.92. The van der Waals surface area contributed by atoms with Crippen molar-refractivity contribution in [2.75, 3.05) is 11.5 Å². The normalized spacial score (nSPS) is 21.1. The van der Waals surface area contributed by atoms with Gasteiger partial charge in [-0.15, -0.1) is 16.9 Å². The van der Waals surface area contributed by atoms with Crippen molar-refractivity contribution in [2.45, 2.75) is 35.6 Å². The fraction of sp³-hybridized carbons (Fsp3) is 0.350. The molecule has 35 heavy (non-hydrogen) atoms. The average molecular weight is 520 g/mol. The van der Waals surface area contributed by atoms with Crippen LogP contribution in [0.25, 0.3) is 0 Å². The molecule has 5 N–H and O–H groups in total. The Hall–Kier alpha value is -3.43. The zero-order chi connectivity index (χ0) is 25.3. The molecule has 1 aromatic carbocycles. The standard InChI is InChI=1S/C20H21N7O6S2/c1-20(21,11-5-3-2-4-6-11)18(33)22-13-15(30)27-14(17(31)32)10(8-34-16(13)27)9-35-19-23-24-25-26(19)7-12(28)29/h2-6,13,16H,7-9,21H2,1H3,(H,22,33)(H,28,29)(H,31,32)/t13?,16-,20?/m1/s1. The van der Waals surface area contributed by atoms with Gasteiger partial charge < -0.3 is 21.3 Å². The molecule has 2 aliphatic heterocycles. The van der Waals surface area contributed by atoms with Gasteiger partial charge in [-0.05, 0) is 28.5 Å². The summed E-state index contributed by atoms with van der Waals surface area (Å²) < 4.78 is 1.09. The molecular weight excluding hydrogens is 498 g/mol. The Labute approximate surface area is 207 Å². The molecule has 3 atom stereocenters. The van der Waals surface area contributed by atoms with Crippen LogP contribution in [-0.2, 0) is 31.3 Å².